The molecular weight excluding hydrogens is 248 g/mol. The van der Waals surface area contributed by atoms with Crippen LogP contribution in [0.2, 0.25) is 0 Å². The molecule has 2 heteroatoms. The van der Waals surface area contributed by atoms with Gasteiger partial charge in [-0.05, 0) is 40.0 Å². The molecule has 2 unspecified atom stereocenters. The second-order valence-electron chi connectivity index (χ2n) is 8.41. The van der Waals surface area contributed by atoms with Crippen molar-refractivity contribution in [2.24, 2.45) is 16.2 Å². The van der Waals surface area contributed by atoms with Gasteiger partial charge >= 0.3 is 0 Å². The van der Waals surface area contributed by atoms with Crippen LogP contribution in [0.15, 0.2) is 11.1 Å². The second-order valence-corrected chi connectivity index (χ2v) is 8.41. The third-order valence-corrected chi connectivity index (χ3v) is 7.72. The Morgan fingerprint density at radius 2 is 1.30 bits per heavy atom. The highest BCUT2D eigenvalue weighted by atomic mass is 16.5. The van der Waals surface area contributed by atoms with Crippen LogP contribution in [-0.4, -0.2) is 23.4 Å². The number of methoxy groups -OCH3 is 1. The monoisotopic (exact) mass is 282 g/mol. The molecule has 0 bridgehead atoms. The van der Waals surface area contributed by atoms with Crippen LogP contribution in [0.1, 0.15) is 69.2 Å². The third kappa shape index (κ3) is 1.64. The van der Waals surface area contributed by atoms with E-state index in [4.69, 9.17) is 4.74 Å². The minimum atomic E-state index is -0.882. The lowest BCUT2D eigenvalue weighted by molar-refractivity contribution is -0.234. The van der Waals surface area contributed by atoms with E-state index in [-0.39, 0.29) is 10.8 Å². The Morgan fingerprint density at radius 3 is 1.65 bits per heavy atom. The fraction of sp³-hybridized carbons (Fsp3) is 0.889. The second kappa shape index (κ2) is 4.33. The van der Waals surface area contributed by atoms with Crippen molar-refractivity contribution in [2.75, 3.05) is 7.11 Å². The maximum Gasteiger partial charge on any atom is 0.0796 e. The quantitative estimate of drug-likeness (QED) is 0.752. The van der Waals surface area contributed by atoms with Crippen LogP contribution < -0.4 is 0 Å². The molecule has 1 aliphatic carbocycles. The standard InChI is InChI=1S/C18H34O2/c1-12-13(2)17(9,16(7,8)20-11)18(10,19)15(5,6)14(12,3)4/h19H,1-11H3. The first kappa shape index (κ1) is 17.7. The number of ether oxygens (including phenoxy) is 1. The fourth-order valence-electron chi connectivity index (χ4n) is 4.15. The summed E-state index contributed by atoms with van der Waals surface area (Å²) in [5.41, 5.74) is 0.498. The number of rotatable bonds is 2. The molecule has 2 atom stereocenters. The molecule has 0 amide bonds. The van der Waals surface area contributed by atoms with Crippen molar-refractivity contribution in [3.05, 3.63) is 11.1 Å². The molecule has 2 nitrogen and oxygen atoms in total. The molecule has 0 aliphatic heterocycles. The Balaban J connectivity index is 3.83. The predicted octanol–water partition coefficient (Wildman–Crippen LogP) is 4.57. The average Bonchev–Trinajstić information content (AvgIpc) is 2.33. The fourth-order valence-corrected chi connectivity index (χ4v) is 4.15. The molecule has 0 saturated heterocycles. The molecule has 0 saturated carbocycles. The largest absolute Gasteiger partial charge is 0.389 e. The Morgan fingerprint density at radius 1 is 0.900 bits per heavy atom. The Hall–Kier alpha value is -0.340. The van der Waals surface area contributed by atoms with Crippen LogP contribution in [-0.2, 0) is 4.74 Å². The Kier molecular flexibility index (Phi) is 3.83. The topological polar surface area (TPSA) is 29.5 Å². The number of allylic oxidation sites excluding steroid dienone is 1. The highest BCUT2D eigenvalue weighted by molar-refractivity contribution is 5.38. The van der Waals surface area contributed by atoms with Gasteiger partial charge in [0, 0.05) is 17.9 Å². The Labute approximate surface area is 125 Å². The first-order chi connectivity index (χ1) is 8.63. The normalized spacial score (nSPS) is 37.2. The van der Waals surface area contributed by atoms with Crippen LogP contribution in [0.4, 0.5) is 0 Å². The van der Waals surface area contributed by atoms with Crippen molar-refractivity contribution in [2.45, 2.75) is 80.4 Å². The maximum absolute atomic E-state index is 11.6. The molecule has 1 rings (SSSR count). The van der Waals surface area contributed by atoms with Crippen molar-refractivity contribution < 1.29 is 9.84 Å². The summed E-state index contributed by atoms with van der Waals surface area (Å²) in [6.07, 6.45) is 0. The molecular formula is C18H34O2. The lowest BCUT2D eigenvalue weighted by Gasteiger charge is -2.66. The lowest BCUT2D eigenvalue weighted by atomic mass is 9.41. The van der Waals surface area contributed by atoms with E-state index in [0.29, 0.717) is 0 Å². The van der Waals surface area contributed by atoms with Gasteiger partial charge in [-0.25, -0.2) is 0 Å². The van der Waals surface area contributed by atoms with Gasteiger partial charge in [0.25, 0.3) is 0 Å². The van der Waals surface area contributed by atoms with Crippen molar-refractivity contribution in [1.29, 1.82) is 0 Å². The SMILES string of the molecule is COC(C)(C)C1(C)C(C)=C(C)C(C)(C)C(C)(C)C1(C)O. The van der Waals surface area contributed by atoms with Crippen molar-refractivity contribution in [3.8, 4) is 0 Å². The molecule has 0 spiro atoms. The van der Waals surface area contributed by atoms with E-state index in [1.165, 1.54) is 11.1 Å². The molecule has 0 aromatic rings. The maximum atomic E-state index is 11.6. The van der Waals surface area contributed by atoms with Crippen LogP contribution in [0, 0.1) is 16.2 Å². The van der Waals surface area contributed by atoms with Gasteiger partial charge in [0.15, 0.2) is 0 Å². The Bertz CT molecular complexity index is 438. The number of aliphatic hydroxyl groups is 1. The van der Waals surface area contributed by atoms with E-state index in [2.05, 4.69) is 62.3 Å². The summed E-state index contributed by atoms with van der Waals surface area (Å²) in [6, 6.07) is 0. The zero-order chi connectivity index (χ0) is 16.4. The minimum Gasteiger partial charge on any atom is -0.389 e. The van der Waals surface area contributed by atoms with Crippen LogP contribution in [0.5, 0.6) is 0 Å². The van der Waals surface area contributed by atoms with E-state index in [0.717, 1.165) is 0 Å². The summed E-state index contributed by atoms with van der Waals surface area (Å²) >= 11 is 0. The van der Waals surface area contributed by atoms with E-state index >= 15 is 0 Å². The van der Waals surface area contributed by atoms with Crippen molar-refractivity contribution >= 4 is 0 Å². The van der Waals surface area contributed by atoms with Crippen molar-refractivity contribution in [3.63, 3.8) is 0 Å². The van der Waals surface area contributed by atoms with E-state index in [9.17, 15) is 5.11 Å². The zero-order valence-electron chi connectivity index (χ0n) is 15.4. The molecule has 20 heavy (non-hydrogen) atoms. The molecule has 118 valence electrons. The van der Waals surface area contributed by atoms with Gasteiger partial charge < -0.3 is 9.84 Å². The molecule has 1 aliphatic rings. The van der Waals surface area contributed by atoms with Gasteiger partial charge in [-0.1, -0.05) is 45.8 Å². The lowest BCUT2D eigenvalue weighted by Crippen LogP contribution is -2.69. The summed E-state index contributed by atoms with van der Waals surface area (Å²) in [6.45, 7) is 21.5. The van der Waals surface area contributed by atoms with Gasteiger partial charge in [0.05, 0.1) is 11.2 Å². The van der Waals surface area contributed by atoms with E-state index in [1.54, 1.807) is 7.11 Å². The summed E-state index contributed by atoms with van der Waals surface area (Å²) in [4.78, 5) is 0. The molecule has 0 aromatic carbocycles. The number of hydrogen-bond acceptors (Lipinski definition) is 2. The van der Waals surface area contributed by atoms with Gasteiger partial charge in [-0.2, -0.15) is 0 Å². The summed E-state index contributed by atoms with van der Waals surface area (Å²) in [7, 11) is 1.73. The first-order valence-electron chi connectivity index (χ1n) is 7.59. The van der Waals surface area contributed by atoms with Crippen LogP contribution in [0.25, 0.3) is 0 Å². The van der Waals surface area contributed by atoms with Crippen LogP contribution >= 0.6 is 0 Å². The summed E-state index contributed by atoms with van der Waals surface area (Å²) in [5.74, 6) is 0. The summed E-state index contributed by atoms with van der Waals surface area (Å²) < 4.78 is 5.80. The smallest absolute Gasteiger partial charge is 0.0796 e. The molecule has 0 heterocycles. The number of hydrogen-bond donors (Lipinski definition) is 1. The third-order valence-electron chi connectivity index (χ3n) is 7.72. The highest BCUT2D eigenvalue weighted by Gasteiger charge is 2.67. The average molecular weight is 282 g/mol. The summed E-state index contributed by atoms with van der Waals surface area (Å²) in [5, 5.41) is 11.6. The van der Waals surface area contributed by atoms with Gasteiger partial charge in [-0.15, -0.1) is 0 Å². The van der Waals surface area contributed by atoms with Crippen molar-refractivity contribution in [1.82, 2.24) is 0 Å². The van der Waals surface area contributed by atoms with E-state index in [1.807, 2.05) is 6.92 Å². The minimum absolute atomic E-state index is 0.0656. The molecule has 1 N–H and O–H groups in total. The first-order valence-corrected chi connectivity index (χ1v) is 7.59. The van der Waals surface area contributed by atoms with Gasteiger partial charge in [0.1, 0.15) is 0 Å². The van der Waals surface area contributed by atoms with Gasteiger partial charge in [0.2, 0.25) is 0 Å². The zero-order valence-corrected chi connectivity index (χ0v) is 15.4. The molecule has 0 fully saturated rings. The molecule has 0 aromatic heterocycles. The predicted molar refractivity (Wildman–Crippen MR) is 85.8 cm³/mol. The molecule has 0 radical (unpaired) electrons. The van der Waals surface area contributed by atoms with Crippen LogP contribution in [0.3, 0.4) is 0 Å². The van der Waals surface area contributed by atoms with E-state index < -0.39 is 16.6 Å². The van der Waals surface area contributed by atoms with Gasteiger partial charge in [-0.3, -0.25) is 0 Å². The highest BCUT2D eigenvalue weighted by Crippen LogP contribution is 2.66.